The van der Waals surface area contributed by atoms with Crippen molar-refractivity contribution in [3.63, 3.8) is 0 Å². The highest BCUT2D eigenvalue weighted by Crippen LogP contribution is 2.30. The highest BCUT2D eigenvalue weighted by molar-refractivity contribution is 7.91. The molecule has 5 nitrogen and oxygen atoms in total. The Balaban J connectivity index is 1.53. The van der Waals surface area contributed by atoms with Gasteiger partial charge in [-0.2, -0.15) is 4.31 Å². The summed E-state index contributed by atoms with van der Waals surface area (Å²) in [5.74, 6) is -0.634. The second kappa shape index (κ2) is 8.67. The smallest absolute Gasteiger partial charge is 0.253 e. The van der Waals surface area contributed by atoms with Crippen molar-refractivity contribution in [2.45, 2.75) is 29.6 Å². The number of carbonyl (C=O) groups excluding carboxylic acids is 1. The number of rotatable bonds is 6. The van der Waals surface area contributed by atoms with Gasteiger partial charge in [0.05, 0.1) is 0 Å². The summed E-state index contributed by atoms with van der Waals surface area (Å²) in [4.78, 5) is 13.0. The van der Waals surface area contributed by atoms with Gasteiger partial charge in [-0.05, 0) is 53.1 Å². The molecule has 2 aromatic carbocycles. The summed E-state index contributed by atoms with van der Waals surface area (Å²) in [6.07, 6.45) is 0.857. The number of fused-ring (bicyclic) bond motifs is 1. The van der Waals surface area contributed by atoms with Gasteiger partial charge in [0.25, 0.3) is 10.0 Å². The van der Waals surface area contributed by atoms with E-state index in [0.29, 0.717) is 19.4 Å². The van der Waals surface area contributed by atoms with Gasteiger partial charge in [0.1, 0.15) is 16.1 Å². The van der Waals surface area contributed by atoms with Crippen molar-refractivity contribution in [3.8, 4) is 0 Å². The molecule has 0 spiro atoms. The van der Waals surface area contributed by atoms with Gasteiger partial charge < -0.3 is 5.32 Å². The quantitative estimate of drug-likeness (QED) is 0.634. The van der Waals surface area contributed by atoms with E-state index in [2.05, 4.69) is 5.32 Å². The monoisotopic (exact) mass is 444 g/mol. The summed E-state index contributed by atoms with van der Waals surface area (Å²) in [6, 6.07) is 16.1. The van der Waals surface area contributed by atoms with Crippen molar-refractivity contribution in [2.24, 2.45) is 0 Å². The Morgan fingerprint density at radius 1 is 1.07 bits per heavy atom. The minimum Gasteiger partial charge on any atom is -0.354 e. The molecular weight excluding hydrogens is 423 g/mol. The third-order valence-corrected chi connectivity index (χ3v) is 8.42. The van der Waals surface area contributed by atoms with E-state index in [4.69, 9.17) is 0 Å². The number of nitrogens with one attached hydrogen (secondary N) is 1. The van der Waals surface area contributed by atoms with Crippen molar-refractivity contribution in [2.75, 3.05) is 6.54 Å². The molecule has 1 unspecified atom stereocenters. The average Bonchev–Trinajstić information content (AvgIpc) is 3.30. The zero-order valence-corrected chi connectivity index (χ0v) is 17.8. The Morgan fingerprint density at radius 2 is 1.80 bits per heavy atom. The predicted octanol–water partition coefficient (Wildman–Crippen LogP) is 3.36. The SMILES string of the molecule is O=C(NCCc1ccc(F)cc1)C1Cc2ccccc2CN1S(=O)(=O)c1cccs1. The summed E-state index contributed by atoms with van der Waals surface area (Å²) < 4.78 is 41.0. The number of benzene rings is 2. The molecular formula is C22H21FN2O3S2. The Morgan fingerprint density at radius 3 is 2.50 bits per heavy atom. The number of sulfonamides is 1. The van der Waals surface area contributed by atoms with E-state index in [9.17, 15) is 17.6 Å². The van der Waals surface area contributed by atoms with Crippen molar-refractivity contribution in [3.05, 3.63) is 88.6 Å². The molecule has 156 valence electrons. The topological polar surface area (TPSA) is 66.5 Å². The van der Waals surface area contributed by atoms with Gasteiger partial charge in [0.2, 0.25) is 5.91 Å². The minimum absolute atomic E-state index is 0.159. The fourth-order valence-electron chi connectivity index (χ4n) is 3.60. The van der Waals surface area contributed by atoms with E-state index >= 15 is 0 Å². The van der Waals surface area contributed by atoms with Crippen LogP contribution in [-0.2, 0) is 34.2 Å². The summed E-state index contributed by atoms with van der Waals surface area (Å²) in [5, 5.41) is 4.57. The third kappa shape index (κ3) is 4.30. The van der Waals surface area contributed by atoms with E-state index in [-0.39, 0.29) is 22.5 Å². The number of amides is 1. The molecule has 1 atom stereocenters. The average molecular weight is 445 g/mol. The van der Waals surface area contributed by atoms with Crippen molar-refractivity contribution in [1.29, 1.82) is 0 Å². The predicted molar refractivity (Wildman–Crippen MR) is 114 cm³/mol. The molecule has 1 amide bonds. The first-order chi connectivity index (χ1) is 14.4. The summed E-state index contributed by atoms with van der Waals surface area (Å²) in [5.41, 5.74) is 2.79. The number of thiophene rings is 1. The minimum atomic E-state index is -3.79. The Labute approximate surface area is 179 Å². The first-order valence-corrected chi connectivity index (χ1v) is 11.9. The highest BCUT2D eigenvalue weighted by atomic mass is 32.2. The van der Waals surface area contributed by atoms with Crippen LogP contribution in [0.15, 0.2) is 70.3 Å². The largest absolute Gasteiger partial charge is 0.354 e. The number of hydrogen-bond acceptors (Lipinski definition) is 4. The van der Waals surface area contributed by atoms with Crippen LogP contribution in [0, 0.1) is 5.82 Å². The molecule has 0 saturated carbocycles. The molecule has 0 aliphatic carbocycles. The molecule has 0 fully saturated rings. The maximum atomic E-state index is 13.2. The molecule has 1 aliphatic heterocycles. The van der Waals surface area contributed by atoms with E-state index in [1.807, 2.05) is 24.3 Å². The second-order valence-electron chi connectivity index (χ2n) is 7.14. The molecule has 4 rings (SSSR count). The molecule has 0 radical (unpaired) electrons. The van der Waals surface area contributed by atoms with Crippen LogP contribution in [0.3, 0.4) is 0 Å². The lowest BCUT2D eigenvalue weighted by atomic mass is 9.95. The van der Waals surface area contributed by atoms with Gasteiger partial charge in [-0.1, -0.05) is 42.5 Å². The maximum absolute atomic E-state index is 13.2. The van der Waals surface area contributed by atoms with Gasteiger partial charge in [0, 0.05) is 13.1 Å². The summed E-state index contributed by atoms with van der Waals surface area (Å²) in [6.45, 7) is 0.502. The second-order valence-corrected chi connectivity index (χ2v) is 10.2. The van der Waals surface area contributed by atoms with Crippen LogP contribution in [0.4, 0.5) is 4.39 Å². The van der Waals surface area contributed by atoms with E-state index < -0.39 is 16.1 Å². The van der Waals surface area contributed by atoms with E-state index in [0.717, 1.165) is 28.0 Å². The van der Waals surface area contributed by atoms with E-state index in [1.54, 1.807) is 29.6 Å². The van der Waals surface area contributed by atoms with Crippen LogP contribution in [0.5, 0.6) is 0 Å². The lowest BCUT2D eigenvalue weighted by Crippen LogP contribution is -2.52. The van der Waals surface area contributed by atoms with Crippen LogP contribution >= 0.6 is 11.3 Å². The maximum Gasteiger partial charge on any atom is 0.253 e. The zero-order chi connectivity index (χ0) is 21.1. The number of nitrogens with zero attached hydrogens (tertiary/aromatic N) is 1. The molecule has 2 heterocycles. The van der Waals surface area contributed by atoms with Crippen LogP contribution in [-0.4, -0.2) is 31.2 Å². The summed E-state index contributed by atoms with van der Waals surface area (Å²) in [7, 11) is -3.79. The molecule has 0 saturated heterocycles. The van der Waals surface area contributed by atoms with Crippen LogP contribution < -0.4 is 5.32 Å². The number of carbonyl (C=O) groups is 1. The van der Waals surface area contributed by atoms with Crippen molar-refractivity contribution in [1.82, 2.24) is 9.62 Å². The molecule has 3 aromatic rings. The van der Waals surface area contributed by atoms with Gasteiger partial charge >= 0.3 is 0 Å². The first-order valence-electron chi connectivity index (χ1n) is 9.59. The molecule has 1 N–H and O–H groups in total. The number of halogens is 1. The fourth-order valence-corrected chi connectivity index (χ4v) is 6.28. The first kappa shape index (κ1) is 20.7. The van der Waals surface area contributed by atoms with Crippen molar-refractivity contribution < 1.29 is 17.6 Å². The number of hydrogen-bond donors (Lipinski definition) is 1. The van der Waals surface area contributed by atoms with Gasteiger partial charge in [0.15, 0.2) is 0 Å². The van der Waals surface area contributed by atoms with Gasteiger partial charge in [-0.15, -0.1) is 11.3 Å². The zero-order valence-electron chi connectivity index (χ0n) is 16.1. The standard InChI is InChI=1S/C22H21FN2O3S2/c23-19-9-7-16(8-10-19)11-12-24-22(26)20-14-17-4-1-2-5-18(17)15-25(20)30(27,28)21-6-3-13-29-21/h1-10,13,20H,11-12,14-15H2,(H,24,26). The Kier molecular flexibility index (Phi) is 5.99. The Hall–Kier alpha value is -2.55. The van der Waals surface area contributed by atoms with Crippen molar-refractivity contribution >= 4 is 27.3 Å². The molecule has 30 heavy (non-hydrogen) atoms. The van der Waals surface area contributed by atoms with Crippen LogP contribution in [0.1, 0.15) is 16.7 Å². The van der Waals surface area contributed by atoms with Crippen LogP contribution in [0.25, 0.3) is 0 Å². The lowest BCUT2D eigenvalue weighted by molar-refractivity contribution is -0.125. The molecule has 0 bridgehead atoms. The lowest BCUT2D eigenvalue weighted by Gasteiger charge is -2.34. The highest BCUT2D eigenvalue weighted by Gasteiger charge is 2.39. The molecule has 8 heteroatoms. The third-order valence-electron chi connectivity index (χ3n) is 5.19. The molecule has 1 aliphatic rings. The summed E-state index contributed by atoms with van der Waals surface area (Å²) >= 11 is 1.14. The Bertz CT molecular complexity index is 1130. The van der Waals surface area contributed by atoms with E-state index in [1.165, 1.54) is 16.4 Å². The normalized spacial score (nSPS) is 16.8. The molecule has 1 aromatic heterocycles. The fraction of sp³-hybridized carbons (Fsp3) is 0.227. The van der Waals surface area contributed by atoms with Gasteiger partial charge in [-0.25, -0.2) is 12.8 Å². The van der Waals surface area contributed by atoms with Gasteiger partial charge in [-0.3, -0.25) is 4.79 Å². The van der Waals surface area contributed by atoms with Crippen LogP contribution in [0.2, 0.25) is 0 Å².